The van der Waals surface area contributed by atoms with Crippen LogP contribution in [0.4, 0.5) is 0 Å². The lowest BCUT2D eigenvalue weighted by molar-refractivity contribution is -0.132. The number of nitrogens with zero attached hydrogens (tertiary/aromatic N) is 3. The van der Waals surface area contributed by atoms with Crippen molar-refractivity contribution in [2.24, 2.45) is 5.92 Å². The quantitative estimate of drug-likeness (QED) is 0.628. The van der Waals surface area contributed by atoms with Gasteiger partial charge in [0.1, 0.15) is 17.6 Å². The van der Waals surface area contributed by atoms with Crippen LogP contribution in [-0.4, -0.2) is 46.6 Å². The van der Waals surface area contributed by atoms with E-state index >= 15 is 0 Å². The van der Waals surface area contributed by atoms with Gasteiger partial charge in [0, 0.05) is 50.6 Å². The lowest BCUT2D eigenvalue weighted by atomic mass is 9.87. The Balaban J connectivity index is 1.19. The van der Waals surface area contributed by atoms with E-state index in [1.54, 1.807) is 18.6 Å². The maximum Gasteiger partial charge on any atom is 0.228 e. The number of carbonyl (C=O) groups is 1. The first kappa shape index (κ1) is 21.6. The molecule has 1 amide bonds. The van der Waals surface area contributed by atoms with Gasteiger partial charge in [0.05, 0.1) is 18.7 Å². The maximum absolute atomic E-state index is 12.5. The summed E-state index contributed by atoms with van der Waals surface area (Å²) in [6, 6.07) is 7.97. The summed E-state index contributed by atoms with van der Waals surface area (Å²) in [6.45, 7) is 2.20. The Hall–Kier alpha value is -2.63. The molecule has 1 saturated heterocycles. The molecule has 1 aliphatic carbocycles. The zero-order valence-corrected chi connectivity index (χ0v) is 18.2. The number of likely N-dealkylation sites (tertiary alicyclic amines) is 1. The molecule has 1 aromatic heterocycles. The first-order chi connectivity index (χ1) is 15.3. The molecule has 6 nitrogen and oxygen atoms in total. The number of piperidine rings is 1. The Labute approximate surface area is 185 Å². The summed E-state index contributed by atoms with van der Waals surface area (Å²) >= 11 is 0. The van der Waals surface area contributed by atoms with E-state index in [0.29, 0.717) is 25.2 Å². The highest BCUT2D eigenvalue weighted by atomic mass is 16.5. The zero-order chi connectivity index (χ0) is 21.3. The number of hydrogen-bond donors (Lipinski definition) is 0. The second-order valence-corrected chi connectivity index (χ2v) is 8.69. The molecule has 0 spiro atoms. The van der Waals surface area contributed by atoms with Gasteiger partial charge in [-0.05, 0) is 24.5 Å². The second kappa shape index (κ2) is 11.1. The highest BCUT2D eigenvalue weighted by molar-refractivity contribution is 5.78. The van der Waals surface area contributed by atoms with Crippen LogP contribution in [0.5, 0.6) is 11.5 Å². The highest BCUT2D eigenvalue weighted by Crippen LogP contribution is 2.27. The molecule has 0 radical (unpaired) electrons. The highest BCUT2D eigenvalue weighted by Gasteiger charge is 2.24. The molecule has 1 aliphatic heterocycles. The monoisotopic (exact) mass is 423 g/mol. The van der Waals surface area contributed by atoms with E-state index in [9.17, 15) is 4.79 Å². The molecule has 6 heteroatoms. The van der Waals surface area contributed by atoms with Gasteiger partial charge in [0.2, 0.25) is 5.91 Å². The van der Waals surface area contributed by atoms with Crippen molar-refractivity contribution in [3.63, 3.8) is 0 Å². The molecule has 0 N–H and O–H groups in total. The topological polar surface area (TPSA) is 64.6 Å². The van der Waals surface area contributed by atoms with Crippen LogP contribution in [0.2, 0.25) is 0 Å². The van der Waals surface area contributed by atoms with Gasteiger partial charge >= 0.3 is 0 Å². The summed E-state index contributed by atoms with van der Waals surface area (Å²) in [7, 11) is 0. The van der Waals surface area contributed by atoms with Crippen molar-refractivity contribution >= 4 is 5.91 Å². The molecule has 4 rings (SSSR count). The molecule has 1 aromatic carbocycles. The van der Waals surface area contributed by atoms with Crippen LogP contribution in [0.3, 0.4) is 0 Å². The number of rotatable bonds is 8. The minimum Gasteiger partial charge on any atom is -0.493 e. The first-order valence-electron chi connectivity index (χ1n) is 11.7. The number of hydrogen-bond acceptors (Lipinski definition) is 5. The van der Waals surface area contributed by atoms with Crippen molar-refractivity contribution in [1.29, 1.82) is 0 Å². The van der Waals surface area contributed by atoms with E-state index < -0.39 is 0 Å². The minimum absolute atomic E-state index is 0.104. The van der Waals surface area contributed by atoms with E-state index in [1.165, 1.54) is 32.1 Å². The number of carbonyl (C=O) groups excluding carboxylic acids is 1. The fourth-order valence-corrected chi connectivity index (χ4v) is 4.56. The summed E-state index contributed by atoms with van der Waals surface area (Å²) in [6.07, 6.45) is 15.0. The van der Waals surface area contributed by atoms with E-state index in [-0.39, 0.29) is 12.0 Å². The van der Waals surface area contributed by atoms with Crippen LogP contribution < -0.4 is 9.47 Å². The minimum atomic E-state index is 0.104. The molecule has 31 heavy (non-hydrogen) atoms. The molecular formula is C25H33N3O3. The van der Waals surface area contributed by atoms with Crippen LogP contribution in [0.25, 0.3) is 0 Å². The second-order valence-electron chi connectivity index (χ2n) is 8.69. The normalized spacial score (nSPS) is 18.0. The van der Waals surface area contributed by atoms with Crippen LogP contribution in [0.15, 0.2) is 42.9 Å². The third-order valence-corrected chi connectivity index (χ3v) is 6.37. The smallest absolute Gasteiger partial charge is 0.228 e. The van der Waals surface area contributed by atoms with E-state index in [1.807, 2.05) is 29.2 Å². The molecule has 2 aliphatic rings. The van der Waals surface area contributed by atoms with E-state index in [2.05, 4.69) is 9.97 Å². The van der Waals surface area contributed by atoms with Crippen molar-refractivity contribution in [2.45, 2.75) is 63.9 Å². The van der Waals surface area contributed by atoms with Gasteiger partial charge in [0.25, 0.3) is 0 Å². The van der Waals surface area contributed by atoms with E-state index in [4.69, 9.17) is 9.47 Å². The number of aromatic nitrogens is 2. The molecular weight excluding hydrogens is 390 g/mol. The van der Waals surface area contributed by atoms with Gasteiger partial charge in [-0.1, -0.05) is 38.2 Å². The Bertz CT molecular complexity index is 816. The van der Waals surface area contributed by atoms with Gasteiger partial charge in [-0.2, -0.15) is 0 Å². The Morgan fingerprint density at radius 3 is 2.61 bits per heavy atom. The summed E-state index contributed by atoms with van der Waals surface area (Å²) in [5.41, 5.74) is 0.714. The average Bonchev–Trinajstić information content (AvgIpc) is 2.81. The van der Waals surface area contributed by atoms with Gasteiger partial charge in [-0.3, -0.25) is 14.8 Å². The standard InChI is InChI=1S/C25H33N3O3/c29-25(17-21-19-26-12-13-27-21)28-14-9-22(10-15-28)31-24-8-4-7-23(18-24)30-16-11-20-5-2-1-3-6-20/h4,7-8,12-13,18-20,22H,1-3,5-6,9-11,14-17H2. The molecule has 0 atom stereocenters. The number of benzene rings is 1. The first-order valence-corrected chi connectivity index (χ1v) is 11.7. The van der Waals surface area contributed by atoms with Gasteiger partial charge in [-0.15, -0.1) is 0 Å². The van der Waals surface area contributed by atoms with Crippen molar-refractivity contribution in [3.05, 3.63) is 48.5 Å². The molecule has 0 unspecified atom stereocenters. The molecule has 0 bridgehead atoms. The Morgan fingerprint density at radius 1 is 1.03 bits per heavy atom. The number of amides is 1. The maximum atomic E-state index is 12.5. The summed E-state index contributed by atoms with van der Waals surface area (Å²) in [5, 5.41) is 0. The molecule has 166 valence electrons. The van der Waals surface area contributed by atoms with E-state index in [0.717, 1.165) is 43.3 Å². The van der Waals surface area contributed by atoms with Crippen molar-refractivity contribution < 1.29 is 14.3 Å². The fraction of sp³-hybridized carbons (Fsp3) is 0.560. The molecule has 2 aromatic rings. The van der Waals surface area contributed by atoms with Gasteiger partial charge in [-0.25, -0.2) is 0 Å². The molecule has 2 heterocycles. The van der Waals surface area contributed by atoms with Crippen molar-refractivity contribution in [1.82, 2.24) is 14.9 Å². The van der Waals surface area contributed by atoms with Crippen LogP contribution in [0.1, 0.15) is 57.1 Å². The third kappa shape index (κ3) is 6.68. The zero-order valence-electron chi connectivity index (χ0n) is 18.2. The van der Waals surface area contributed by atoms with Gasteiger partial charge < -0.3 is 14.4 Å². The molecule has 2 fully saturated rings. The van der Waals surface area contributed by atoms with Crippen LogP contribution in [0, 0.1) is 5.92 Å². The van der Waals surface area contributed by atoms with Gasteiger partial charge in [0.15, 0.2) is 0 Å². The largest absolute Gasteiger partial charge is 0.493 e. The van der Waals surface area contributed by atoms with Crippen LogP contribution >= 0.6 is 0 Å². The summed E-state index contributed by atoms with van der Waals surface area (Å²) in [4.78, 5) is 22.6. The third-order valence-electron chi connectivity index (χ3n) is 6.37. The fourth-order valence-electron chi connectivity index (χ4n) is 4.56. The summed E-state index contributed by atoms with van der Waals surface area (Å²) in [5.74, 6) is 2.66. The van der Waals surface area contributed by atoms with Crippen molar-refractivity contribution in [3.8, 4) is 11.5 Å². The SMILES string of the molecule is O=C(Cc1cnccn1)N1CCC(Oc2cccc(OCCC3CCCCC3)c2)CC1. The number of ether oxygens (including phenoxy) is 2. The lowest BCUT2D eigenvalue weighted by Crippen LogP contribution is -2.42. The predicted octanol–water partition coefficient (Wildman–Crippen LogP) is 4.44. The Kier molecular flexibility index (Phi) is 7.75. The van der Waals surface area contributed by atoms with Crippen molar-refractivity contribution in [2.75, 3.05) is 19.7 Å². The summed E-state index contributed by atoms with van der Waals surface area (Å²) < 4.78 is 12.2. The average molecular weight is 424 g/mol. The molecule has 1 saturated carbocycles. The Morgan fingerprint density at radius 2 is 1.84 bits per heavy atom. The lowest BCUT2D eigenvalue weighted by Gasteiger charge is -2.32. The van der Waals surface area contributed by atoms with Crippen LogP contribution in [-0.2, 0) is 11.2 Å². The predicted molar refractivity (Wildman–Crippen MR) is 119 cm³/mol.